The fourth-order valence-electron chi connectivity index (χ4n) is 4.35. The van der Waals surface area contributed by atoms with Crippen molar-refractivity contribution in [1.82, 2.24) is 9.80 Å². The number of nitrogens with zero attached hydrogens (tertiary/aromatic N) is 2. The monoisotopic (exact) mass is 530 g/mol. The minimum Gasteiger partial charge on any atom is -0.367 e. The SMILES string of the molecule is CC(C)N(CC(=O)N1CCc2sccc2C1c1ccc(Cl)cc1Cl)C(=O)COCc1ccccc1. The molecular formula is C27H28Cl2N2O3S. The summed E-state index contributed by atoms with van der Waals surface area (Å²) in [6.45, 7) is 4.61. The Morgan fingerprint density at radius 1 is 1.11 bits per heavy atom. The summed E-state index contributed by atoms with van der Waals surface area (Å²) >= 11 is 14.4. The van der Waals surface area contributed by atoms with Crippen molar-refractivity contribution < 1.29 is 14.3 Å². The number of benzene rings is 2. The van der Waals surface area contributed by atoms with Crippen LogP contribution in [0, 0.1) is 0 Å². The number of halogens is 2. The molecule has 1 unspecified atom stereocenters. The molecule has 1 aromatic heterocycles. The second kappa shape index (κ2) is 11.6. The fourth-order valence-corrected chi connectivity index (χ4v) is 5.77. The van der Waals surface area contributed by atoms with E-state index in [1.807, 2.05) is 60.5 Å². The van der Waals surface area contributed by atoms with Crippen LogP contribution >= 0.6 is 34.5 Å². The van der Waals surface area contributed by atoms with Gasteiger partial charge in [0.25, 0.3) is 0 Å². The maximum Gasteiger partial charge on any atom is 0.249 e. The summed E-state index contributed by atoms with van der Waals surface area (Å²) in [6.07, 6.45) is 0.774. The molecule has 2 heterocycles. The number of hydrogen-bond acceptors (Lipinski definition) is 4. The van der Waals surface area contributed by atoms with Gasteiger partial charge in [0.05, 0.1) is 12.6 Å². The van der Waals surface area contributed by atoms with Gasteiger partial charge < -0.3 is 14.5 Å². The number of thiophene rings is 1. The summed E-state index contributed by atoms with van der Waals surface area (Å²) in [7, 11) is 0. The van der Waals surface area contributed by atoms with Gasteiger partial charge in [0.2, 0.25) is 11.8 Å². The molecule has 0 bridgehead atoms. The van der Waals surface area contributed by atoms with Gasteiger partial charge in [0.15, 0.2) is 0 Å². The molecule has 0 fully saturated rings. The Kier molecular flexibility index (Phi) is 8.50. The largest absolute Gasteiger partial charge is 0.367 e. The van der Waals surface area contributed by atoms with Gasteiger partial charge in [-0.05, 0) is 60.5 Å². The van der Waals surface area contributed by atoms with E-state index in [0.717, 1.165) is 23.1 Å². The van der Waals surface area contributed by atoms with E-state index in [1.54, 1.807) is 28.4 Å². The van der Waals surface area contributed by atoms with Gasteiger partial charge in [-0.25, -0.2) is 0 Å². The van der Waals surface area contributed by atoms with Crippen molar-refractivity contribution in [2.24, 2.45) is 0 Å². The van der Waals surface area contributed by atoms with Crippen molar-refractivity contribution in [1.29, 1.82) is 0 Å². The van der Waals surface area contributed by atoms with E-state index >= 15 is 0 Å². The second-order valence-electron chi connectivity index (χ2n) is 8.80. The first kappa shape index (κ1) is 25.7. The number of hydrogen-bond donors (Lipinski definition) is 0. The fraction of sp³-hybridized carbons (Fsp3) is 0.333. The summed E-state index contributed by atoms with van der Waals surface area (Å²) in [4.78, 5) is 31.3. The van der Waals surface area contributed by atoms with Crippen LogP contribution < -0.4 is 0 Å². The summed E-state index contributed by atoms with van der Waals surface area (Å²) in [6, 6.07) is 16.7. The van der Waals surface area contributed by atoms with Gasteiger partial charge in [0, 0.05) is 27.5 Å². The smallest absolute Gasteiger partial charge is 0.249 e. The number of amides is 2. The molecular weight excluding hydrogens is 503 g/mol. The van der Waals surface area contributed by atoms with Crippen LogP contribution in [-0.2, 0) is 27.4 Å². The zero-order chi connectivity index (χ0) is 24.9. The van der Waals surface area contributed by atoms with Crippen LogP contribution in [0.2, 0.25) is 10.0 Å². The lowest BCUT2D eigenvalue weighted by molar-refractivity contribution is -0.146. The van der Waals surface area contributed by atoms with Gasteiger partial charge >= 0.3 is 0 Å². The highest BCUT2D eigenvalue weighted by Crippen LogP contribution is 2.41. The summed E-state index contributed by atoms with van der Waals surface area (Å²) in [5.41, 5.74) is 2.90. The van der Waals surface area contributed by atoms with E-state index in [0.29, 0.717) is 23.2 Å². The van der Waals surface area contributed by atoms with Crippen LogP contribution in [-0.4, -0.2) is 47.4 Å². The Labute approximate surface area is 220 Å². The van der Waals surface area contributed by atoms with Gasteiger partial charge in [0.1, 0.15) is 13.2 Å². The Morgan fingerprint density at radius 3 is 2.60 bits per heavy atom. The predicted octanol–water partition coefficient (Wildman–Crippen LogP) is 5.98. The van der Waals surface area contributed by atoms with E-state index in [1.165, 1.54) is 4.88 Å². The lowest BCUT2D eigenvalue weighted by Crippen LogP contribution is -2.49. The predicted molar refractivity (Wildman–Crippen MR) is 141 cm³/mol. The number of carbonyl (C=O) groups excluding carboxylic acids is 2. The molecule has 0 aliphatic carbocycles. The molecule has 0 N–H and O–H groups in total. The molecule has 1 aliphatic heterocycles. The second-order valence-corrected chi connectivity index (χ2v) is 10.6. The van der Waals surface area contributed by atoms with Gasteiger partial charge in [-0.15, -0.1) is 11.3 Å². The van der Waals surface area contributed by atoms with Crippen LogP contribution in [0.3, 0.4) is 0 Å². The lowest BCUT2D eigenvalue weighted by Gasteiger charge is -2.38. The summed E-state index contributed by atoms with van der Waals surface area (Å²) < 4.78 is 5.65. The summed E-state index contributed by atoms with van der Waals surface area (Å²) in [5.74, 6) is -0.332. The van der Waals surface area contributed by atoms with Gasteiger partial charge in [-0.3, -0.25) is 9.59 Å². The standard InChI is InChI=1S/C27H28Cl2N2O3S/c1-18(2)31(26(33)17-34-16-19-6-4-3-5-7-19)15-25(32)30-12-10-24-22(11-13-35-24)27(30)21-9-8-20(28)14-23(21)29/h3-9,11,13-14,18,27H,10,12,15-17H2,1-2H3. The maximum absolute atomic E-state index is 13.6. The van der Waals surface area contributed by atoms with Crippen molar-refractivity contribution in [2.45, 2.75) is 39.0 Å². The Balaban J connectivity index is 1.50. The third-order valence-corrected chi connectivity index (χ3v) is 7.69. The van der Waals surface area contributed by atoms with Crippen LogP contribution in [0.1, 0.15) is 41.5 Å². The number of rotatable bonds is 8. The Bertz CT molecular complexity index is 1180. The lowest BCUT2D eigenvalue weighted by atomic mass is 9.93. The van der Waals surface area contributed by atoms with Crippen molar-refractivity contribution in [3.8, 4) is 0 Å². The first-order valence-corrected chi connectivity index (χ1v) is 13.2. The third kappa shape index (κ3) is 6.07. The highest BCUT2D eigenvalue weighted by Gasteiger charge is 2.35. The molecule has 1 atom stereocenters. The van der Waals surface area contributed by atoms with Crippen molar-refractivity contribution in [2.75, 3.05) is 19.7 Å². The molecule has 0 radical (unpaired) electrons. The minimum absolute atomic E-state index is 0.0215. The Hall–Kier alpha value is -2.38. The topological polar surface area (TPSA) is 49.9 Å². The molecule has 4 rings (SSSR count). The van der Waals surface area contributed by atoms with Crippen LogP contribution in [0.4, 0.5) is 0 Å². The molecule has 5 nitrogen and oxygen atoms in total. The molecule has 3 aromatic rings. The van der Waals surface area contributed by atoms with E-state index in [9.17, 15) is 9.59 Å². The molecule has 2 aromatic carbocycles. The third-order valence-electron chi connectivity index (χ3n) is 6.13. The molecule has 1 aliphatic rings. The number of ether oxygens (including phenoxy) is 1. The van der Waals surface area contributed by atoms with Crippen LogP contribution in [0.25, 0.3) is 0 Å². The van der Waals surface area contributed by atoms with E-state index in [4.69, 9.17) is 27.9 Å². The maximum atomic E-state index is 13.6. The van der Waals surface area contributed by atoms with Gasteiger partial charge in [-0.1, -0.05) is 59.6 Å². The van der Waals surface area contributed by atoms with Crippen molar-refractivity contribution >= 4 is 46.4 Å². The van der Waals surface area contributed by atoms with Crippen molar-refractivity contribution in [3.63, 3.8) is 0 Å². The molecule has 0 saturated heterocycles. The number of fused-ring (bicyclic) bond motifs is 1. The zero-order valence-corrected chi connectivity index (χ0v) is 22.1. The first-order chi connectivity index (χ1) is 16.8. The average molecular weight is 532 g/mol. The zero-order valence-electron chi connectivity index (χ0n) is 19.7. The summed E-state index contributed by atoms with van der Waals surface area (Å²) in [5, 5.41) is 3.11. The molecule has 0 saturated carbocycles. The molecule has 8 heteroatoms. The number of carbonyl (C=O) groups is 2. The van der Waals surface area contributed by atoms with Gasteiger partial charge in [-0.2, -0.15) is 0 Å². The normalized spacial score (nSPS) is 15.2. The highest BCUT2D eigenvalue weighted by molar-refractivity contribution is 7.10. The highest BCUT2D eigenvalue weighted by atomic mass is 35.5. The molecule has 2 amide bonds. The molecule has 35 heavy (non-hydrogen) atoms. The average Bonchev–Trinajstić information content (AvgIpc) is 3.31. The quantitative estimate of drug-likeness (QED) is 0.359. The minimum atomic E-state index is -0.319. The van der Waals surface area contributed by atoms with Crippen molar-refractivity contribution in [3.05, 3.63) is 91.6 Å². The Morgan fingerprint density at radius 2 is 1.89 bits per heavy atom. The van der Waals surface area contributed by atoms with E-state index in [2.05, 4.69) is 6.07 Å². The van der Waals surface area contributed by atoms with Crippen LogP contribution in [0.5, 0.6) is 0 Å². The first-order valence-electron chi connectivity index (χ1n) is 11.6. The molecule has 0 spiro atoms. The van der Waals surface area contributed by atoms with E-state index < -0.39 is 0 Å². The van der Waals surface area contributed by atoms with Crippen LogP contribution in [0.15, 0.2) is 60.0 Å². The van der Waals surface area contributed by atoms with E-state index in [-0.39, 0.29) is 37.0 Å². The molecule has 184 valence electrons.